The van der Waals surface area contributed by atoms with Gasteiger partial charge in [-0.15, -0.1) is 0 Å². The van der Waals surface area contributed by atoms with Crippen molar-refractivity contribution in [2.75, 3.05) is 13.1 Å². The first-order chi connectivity index (χ1) is 13.7. The van der Waals surface area contributed by atoms with E-state index in [2.05, 4.69) is 20.3 Å². The molecule has 3 aromatic rings. The van der Waals surface area contributed by atoms with Crippen LogP contribution in [0.1, 0.15) is 52.2 Å². The van der Waals surface area contributed by atoms with Gasteiger partial charge in [0.2, 0.25) is 0 Å². The van der Waals surface area contributed by atoms with E-state index in [4.69, 9.17) is 9.26 Å². The Labute approximate surface area is 162 Å². The molecule has 4 rings (SSSR count). The Hall–Kier alpha value is -3.00. The number of nitrogens with one attached hydrogen (secondary N) is 1. The summed E-state index contributed by atoms with van der Waals surface area (Å²) in [5.74, 6) is 1.33. The van der Waals surface area contributed by atoms with Gasteiger partial charge in [-0.3, -0.25) is 9.89 Å². The third kappa shape index (κ3) is 4.28. The van der Waals surface area contributed by atoms with E-state index in [0.29, 0.717) is 37.1 Å². The second kappa shape index (κ2) is 8.35. The van der Waals surface area contributed by atoms with E-state index in [0.717, 1.165) is 24.1 Å². The Morgan fingerprint density at radius 3 is 2.75 bits per heavy atom. The van der Waals surface area contributed by atoms with E-state index in [1.54, 1.807) is 6.07 Å². The van der Waals surface area contributed by atoms with Gasteiger partial charge < -0.3 is 14.2 Å². The molecule has 1 N–H and O–H groups in total. The van der Waals surface area contributed by atoms with Crippen LogP contribution >= 0.6 is 0 Å². The molecule has 8 heteroatoms. The highest BCUT2D eigenvalue weighted by molar-refractivity contribution is 5.92. The predicted octanol–water partition coefficient (Wildman–Crippen LogP) is 2.84. The fourth-order valence-electron chi connectivity index (χ4n) is 3.35. The number of carbonyl (C=O) groups excluding carboxylic acids is 1. The second-order valence-electron chi connectivity index (χ2n) is 7.03. The van der Waals surface area contributed by atoms with E-state index < -0.39 is 0 Å². The molecule has 0 atom stereocenters. The van der Waals surface area contributed by atoms with Crippen LogP contribution in [0.15, 0.2) is 40.9 Å². The molecule has 0 bridgehead atoms. The van der Waals surface area contributed by atoms with Crippen molar-refractivity contribution in [3.05, 3.63) is 65.1 Å². The Kier molecular flexibility index (Phi) is 5.48. The molecule has 1 aromatic carbocycles. The van der Waals surface area contributed by atoms with Crippen LogP contribution in [0.5, 0.6) is 0 Å². The zero-order valence-electron chi connectivity index (χ0n) is 15.8. The first-order valence-corrected chi connectivity index (χ1v) is 9.44. The molecule has 0 unspecified atom stereocenters. The zero-order chi connectivity index (χ0) is 19.3. The topological polar surface area (TPSA) is 97.1 Å². The molecular formula is C20H23N5O3. The van der Waals surface area contributed by atoms with Crippen molar-refractivity contribution in [2.45, 2.75) is 38.9 Å². The Bertz CT molecular complexity index is 913. The van der Waals surface area contributed by atoms with Gasteiger partial charge >= 0.3 is 0 Å². The number of hydrogen-bond acceptors (Lipinski definition) is 6. The van der Waals surface area contributed by atoms with Crippen LogP contribution in [0.3, 0.4) is 0 Å². The molecule has 0 spiro atoms. The minimum atomic E-state index is -0.0362. The highest BCUT2D eigenvalue weighted by Gasteiger charge is 2.28. The molecular weight excluding hydrogens is 358 g/mol. The highest BCUT2D eigenvalue weighted by Crippen LogP contribution is 2.26. The number of ether oxygens (including phenoxy) is 1. The molecule has 3 heterocycles. The Morgan fingerprint density at radius 1 is 1.25 bits per heavy atom. The average molecular weight is 381 g/mol. The summed E-state index contributed by atoms with van der Waals surface area (Å²) in [5.41, 5.74) is 2.45. The van der Waals surface area contributed by atoms with Crippen LogP contribution in [0.2, 0.25) is 0 Å². The number of nitrogens with zero attached hydrogens (tertiary/aromatic N) is 4. The molecule has 0 saturated carbocycles. The lowest BCUT2D eigenvalue weighted by molar-refractivity contribution is 0.0704. The van der Waals surface area contributed by atoms with Gasteiger partial charge in [-0.25, -0.2) is 0 Å². The lowest BCUT2D eigenvalue weighted by atomic mass is 9.96. The highest BCUT2D eigenvalue weighted by atomic mass is 16.5. The van der Waals surface area contributed by atoms with Crippen molar-refractivity contribution < 1.29 is 14.1 Å². The van der Waals surface area contributed by atoms with Gasteiger partial charge in [-0.1, -0.05) is 35.5 Å². The van der Waals surface area contributed by atoms with Crippen LogP contribution in [0, 0.1) is 6.92 Å². The number of carbonyl (C=O) groups is 1. The Morgan fingerprint density at radius 2 is 2.04 bits per heavy atom. The summed E-state index contributed by atoms with van der Waals surface area (Å²) in [7, 11) is 0. The number of aromatic nitrogens is 4. The summed E-state index contributed by atoms with van der Waals surface area (Å²) < 4.78 is 11.0. The van der Waals surface area contributed by atoms with Crippen molar-refractivity contribution in [3.8, 4) is 0 Å². The summed E-state index contributed by atoms with van der Waals surface area (Å²) in [6, 6.07) is 11.7. The molecule has 1 amide bonds. The monoisotopic (exact) mass is 381 g/mol. The lowest BCUT2D eigenvalue weighted by Gasteiger charge is -2.30. The van der Waals surface area contributed by atoms with Crippen molar-refractivity contribution >= 4 is 5.91 Å². The summed E-state index contributed by atoms with van der Waals surface area (Å²) in [4.78, 5) is 18.8. The average Bonchev–Trinajstić information content (AvgIpc) is 3.38. The van der Waals surface area contributed by atoms with Crippen LogP contribution in [0.4, 0.5) is 0 Å². The van der Waals surface area contributed by atoms with Gasteiger partial charge in [0.25, 0.3) is 11.8 Å². The number of aryl methyl sites for hydroxylation is 1. The van der Waals surface area contributed by atoms with Gasteiger partial charge in [-0.2, -0.15) is 10.1 Å². The van der Waals surface area contributed by atoms with E-state index in [-0.39, 0.29) is 18.4 Å². The molecule has 1 aliphatic heterocycles. The summed E-state index contributed by atoms with van der Waals surface area (Å²) >= 11 is 0. The number of likely N-dealkylation sites (tertiary alicyclic amines) is 1. The number of rotatable bonds is 6. The summed E-state index contributed by atoms with van der Waals surface area (Å²) in [5, 5.41) is 11.0. The smallest absolute Gasteiger partial charge is 0.274 e. The first kappa shape index (κ1) is 18.4. The van der Waals surface area contributed by atoms with Gasteiger partial charge in [0.15, 0.2) is 5.82 Å². The summed E-state index contributed by atoms with van der Waals surface area (Å²) in [6.07, 6.45) is 1.61. The standard InChI is InChI=1S/C20H23N5O3/c1-14-11-17(23-22-14)20(26)25-9-7-16(8-10-25)19-21-18(28-24-19)13-27-12-15-5-3-2-4-6-15/h2-6,11,16H,7-10,12-13H2,1H3,(H,22,23). The van der Waals surface area contributed by atoms with Gasteiger partial charge in [0.1, 0.15) is 12.3 Å². The normalized spacial score (nSPS) is 15.1. The zero-order valence-corrected chi connectivity index (χ0v) is 15.8. The minimum absolute atomic E-state index is 0.0362. The molecule has 1 saturated heterocycles. The van der Waals surface area contributed by atoms with Crippen LogP contribution in [-0.2, 0) is 18.0 Å². The Balaban J connectivity index is 1.26. The first-order valence-electron chi connectivity index (χ1n) is 9.44. The number of benzene rings is 1. The van der Waals surface area contributed by atoms with Gasteiger partial charge in [0, 0.05) is 24.7 Å². The van der Waals surface area contributed by atoms with E-state index in [9.17, 15) is 4.79 Å². The van der Waals surface area contributed by atoms with Gasteiger partial charge in [-0.05, 0) is 31.4 Å². The van der Waals surface area contributed by atoms with Crippen molar-refractivity contribution in [2.24, 2.45) is 0 Å². The van der Waals surface area contributed by atoms with Gasteiger partial charge in [0.05, 0.1) is 6.61 Å². The third-order valence-electron chi connectivity index (χ3n) is 4.89. The van der Waals surface area contributed by atoms with Crippen molar-refractivity contribution in [1.29, 1.82) is 0 Å². The van der Waals surface area contributed by atoms with Crippen molar-refractivity contribution in [1.82, 2.24) is 25.2 Å². The fourth-order valence-corrected chi connectivity index (χ4v) is 3.35. The maximum Gasteiger partial charge on any atom is 0.274 e. The van der Waals surface area contributed by atoms with Crippen LogP contribution < -0.4 is 0 Å². The van der Waals surface area contributed by atoms with Crippen LogP contribution in [-0.4, -0.2) is 44.2 Å². The second-order valence-corrected chi connectivity index (χ2v) is 7.03. The molecule has 1 aliphatic rings. The number of piperidine rings is 1. The summed E-state index contributed by atoms with van der Waals surface area (Å²) in [6.45, 7) is 3.99. The largest absolute Gasteiger partial charge is 0.367 e. The molecule has 2 aromatic heterocycles. The quantitative estimate of drug-likeness (QED) is 0.705. The maximum atomic E-state index is 12.5. The lowest BCUT2D eigenvalue weighted by Crippen LogP contribution is -2.38. The van der Waals surface area contributed by atoms with E-state index in [1.807, 2.05) is 42.2 Å². The minimum Gasteiger partial charge on any atom is -0.367 e. The number of aromatic amines is 1. The fraction of sp³-hybridized carbons (Fsp3) is 0.400. The van der Waals surface area contributed by atoms with Crippen LogP contribution in [0.25, 0.3) is 0 Å². The molecule has 8 nitrogen and oxygen atoms in total. The number of H-pyrrole nitrogens is 1. The third-order valence-corrected chi connectivity index (χ3v) is 4.89. The molecule has 0 aliphatic carbocycles. The molecule has 1 fully saturated rings. The van der Waals surface area contributed by atoms with Crippen molar-refractivity contribution in [3.63, 3.8) is 0 Å². The molecule has 28 heavy (non-hydrogen) atoms. The SMILES string of the molecule is Cc1cc(C(=O)N2CCC(c3noc(COCc4ccccc4)n3)CC2)n[nH]1. The van der Waals surface area contributed by atoms with E-state index >= 15 is 0 Å². The number of amides is 1. The number of hydrogen-bond donors (Lipinski definition) is 1. The maximum absolute atomic E-state index is 12.5. The van der Waals surface area contributed by atoms with E-state index in [1.165, 1.54) is 0 Å². The molecule has 146 valence electrons. The predicted molar refractivity (Wildman–Crippen MR) is 100 cm³/mol. The molecule has 0 radical (unpaired) electrons.